The van der Waals surface area contributed by atoms with Crippen LogP contribution in [-0.4, -0.2) is 83.7 Å². The third-order valence-electron chi connectivity index (χ3n) is 1.10. The Bertz CT molecular complexity index is 376. The van der Waals surface area contributed by atoms with Gasteiger partial charge in [0.1, 0.15) is 26.4 Å². The summed E-state index contributed by atoms with van der Waals surface area (Å²) in [6.45, 7) is -0.292. The SMILES string of the molecule is O=C([O-])/C=C\C(=O)[O-].OCC=[N+]=CCO.OCC=[N+]=CCO. The standard InChI is InChI=1S/2C4H8NO2.C4H4O4/c2*6-3-1-5-2-4-7;5-3(6)1-2-4(7)8/h2*1-2,6-7H,3-4H2;1-2H,(H,5,6)(H,7,8)/q2*+1;/p-2/b;;2-1-. The van der Waals surface area contributed by atoms with Crippen LogP contribution < -0.4 is 19.5 Å². The average molecular weight is 318 g/mol. The van der Waals surface area contributed by atoms with Gasteiger partial charge in [-0.2, -0.15) is 0 Å². The summed E-state index contributed by atoms with van der Waals surface area (Å²) in [6.07, 6.45) is 5.98. The molecule has 0 aliphatic carbocycles. The van der Waals surface area contributed by atoms with Crippen LogP contribution >= 0.6 is 0 Å². The molecule has 0 rings (SSSR count). The lowest BCUT2D eigenvalue weighted by Gasteiger charge is -1.90. The monoisotopic (exact) mass is 318 g/mol. The molecule has 0 saturated carbocycles. The summed E-state index contributed by atoms with van der Waals surface area (Å²) in [6, 6.07) is 0. The van der Waals surface area contributed by atoms with Crippen LogP contribution in [0.3, 0.4) is 0 Å². The highest BCUT2D eigenvalue weighted by Gasteiger charge is 1.74. The van der Waals surface area contributed by atoms with Gasteiger partial charge in [-0.1, -0.05) is 0 Å². The minimum atomic E-state index is -1.55. The fourth-order valence-corrected chi connectivity index (χ4v) is 0.474. The van der Waals surface area contributed by atoms with E-state index in [4.69, 9.17) is 20.4 Å². The number of carboxylic acids is 2. The van der Waals surface area contributed by atoms with E-state index in [1.807, 2.05) is 0 Å². The molecule has 0 amide bonds. The maximum atomic E-state index is 9.41. The molecule has 124 valence electrons. The third-order valence-corrected chi connectivity index (χ3v) is 1.10. The van der Waals surface area contributed by atoms with Crippen LogP contribution in [0.1, 0.15) is 0 Å². The molecule has 0 spiro atoms. The Morgan fingerprint density at radius 1 is 0.682 bits per heavy atom. The van der Waals surface area contributed by atoms with Crippen LogP contribution in [0.25, 0.3) is 0 Å². The molecule has 0 bridgehead atoms. The predicted octanol–water partition coefficient (Wildman–Crippen LogP) is -6.60. The van der Waals surface area contributed by atoms with Gasteiger partial charge < -0.3 is 40.2 Å². The molecule has 0 heterocycles. The second-order valence-electron chi connectivity index (χ2n) is 2.73. The van der Waals surface area contributed by atoms with Gasteiger partial charge in [0.15, 0.2) is 0 Å². The Labute approximate surface area is 126 Å². The van der Waals surface area contributed by atoms with E-state index in [1.165, 1.54) is 24.9 Å². The molecule has 0 radical (unpaired) electrons. The summed E-state index contributed by atoms with van der Waals surface area (Å²) < 4.78 is 6.92. The smallest absolute Gasteiger partial charge is 0.293 e. The van der Waals surface area contributed by atoms with E-state index in [2.05, 4.69) is 9.34 Å². The summed E-state index contributed by atoms with van der Waals surface area (Å²) in [5, 5.41) is 51.0. The molecule has 0 aliphatic rings. The Hall–Kier alpha value is -2.58. The van der Waals surface area contributed by atoms with Crippen LogP contribution in [0.5, 0.6) is 0 Å². The van der Waals surface area contributed by atoms with Crippen LogP contribution in [0, 0.1) is 0 Å². The van der Waals surface area contributed by atoms with Gasteiger partial charge in [-0.15, -0.1) is 9.34 Å². The molecule has 0 aromatic heterocycles. The largest absolute Gasteiger partial charge is 0.545 e. The molecule has 0 fully saturated rings. The van der Waals surface area contributed by atoms with Crippen LogP contribution in [0.15, 0.2) is 12.2 Å². The van der Waals surface area contributed by atoms with E-state index in [1.54, 1.807) is 0 Å². The molecule has 0 atom stereocenters. The van der Waals surface area contributed by atoms with Crippen molar-refractivity contribution in [1.82, 2.24) is 9.34 Å². The molecule has 0 aromatic rings. The van der Waals surface area contributed by atoms with E-state index in [9.17, 15) is 19.8 Å². The zero-order chi connectivity index (χ0) is 17.6. The minimum Gasteiger partial charge on any atom is -0.545 e. The molecule has 10 heteroatoms. The lowest BCUT2D eigenvalue weighted by molar-refractivity contribution is -0.301. The van der Waals surface area contributed by atoms with Crippen molar-refractivity contribution in [3.8, 4) is 0 Å². The Kier molecular flexibility index (Phi) is 26.1. The lowest BCUT2D eigenvalue weighted by atomic mass is 10.5. The summed E-state index contributed by atoms with van der Waals surface area (Å²) >= 11 is 0. The van der Waals surface area contributed by atoms with Gasteiger partial charge in [0.2, 0.25) is 0 Å². The number of carbonyl (C=O) groups excluding carboxylic acids is 2. The maximum absolute atomic E-state index is 9.41. The molecular weight excluding hydrogens is 300 g/mol. The van der Waals surface area contributed by atoms with Gasteiger partial charge in [-0.3, -0.25) is 0 Å². The molecule has 4 N–H and O–H groups in total. The molecule has 0 aromatic carbocycles. The predicted molar refractivity (Wildman–Crippen MR) is 76.0 cm³/mol. The van der Waals surface area contributed by atoms with Gasteiger partial charge >= 0.3 is 0 Å². The molecule has 10 nitrogen and oxygen atoms in total. The van der Waals surface area contributed by atoms with Crippen LogP contribution in [0.2, 0.25) is 0 Å². The fraction of sp³-hybridized carbons (Fsp3) is 0.333. The molecule has 0 saturated heterocycles. The molecule has 0 aliphatic heterocycles. The van der Waals surface area contributed by atoms with Crippen molar-refractivity contribution in [3.63, 3.8) is 0 Å². The van der Waals surface area contributed by atoms with Crippen LogP contribution in [-0.2, 0) is 9.59 Å². The first kappa shape index (κ1) is 24.4. The first-order valence-corrected chi connectivity index (χ1v) is 5.66. The van der Waals surface area contributed by atoms with Gasteiger partial charge in [0, 0.05) is 0 Å². The van der Waals surface area contributed by atoms with Crippen molar-refractivity contribution < 1.29 is 40.2 Å². The molecule has 22 heavy (non-hydrogen) atoms. The zero-order valence-corrected chi connectivity index (χ0v) is 11.6. The number of nitrogens with zero attached hydrogens (tertiary/aromatic N) is 2. The van der Waals surface area contributed by atoms with Crippen LogP contribution in [0.4, 0.5) is 0 Å². The summed E-state index contributed by atoms with van der Waals surface area (Å²) in [5.41, 5.74) is 0. The Balaban J connectivity index is -0.000000247. The summed E-state index contributed by atoms with van der Waals surface area (Å²) in [7, 11) is 0. The van der Waals surface area contributed by atoms with E-state index in [0.29, 0.717) is 12.2 Å². The van der Waals surface area contributed by atoms with E-state index >= 15 is 0 Å². The number of hydrogen-bond donors (Lipinski definition) is 4. The number of aliphatic carboxylic acids is 2. The quantitative estimate of drug-likeness (QED) is 0.211. The van der Waals surface area contributed by atoms with E-state index < -0.39 is 11.9 Å². The van der Waals surface area contributed by atoms with E-state index in [-0.39, 0.29) is 26.4 Å². The second-order valence-corrected chi connectivity index (χ2v) is 2.73. The number of carbonyl (C=O) groups is 2. The van der Waals surface area contributed by atoms with Crippen molar-refractivity contribution in [3.05, 3.63) is 12.2 Å². The zero-order valence-electron chi connectivity index (χ0n) is 11.6. The van der Waals surface area contributed by atoms with Gasteiger partial charge in [0.25, 0.3) is 24.9 Å². The average Bonchev–Trinajstić information content (AvgIpc) is 2.48. The maximum Gasteiger partial charge on any atom is 0.293 e. The fourth-order valence-electron chi connectivity index (χ4n) is 0.474. The van der Waals surface area contributed by atoms with Gasteiger partial charge in [0.05, 0.1) is 11.9 Å². The highest BCUT2D eigenvalue weighted by Crippen LogP contribution is 1.64. The van der Waals surface area contributed by atoms with Gasteiger partial charge in [-0.05, 0) is 12.2 Å². The van der Waals surface area contributed by atoms with Crippen molar-refractivity contribution in [2.75, 3.05) is 26.4 Å². The number of carboxylic acid groups (broad SMARTS) is 2. The number of hydrogen-bond acceptors (Lipinski definition) is 8. The molecular formula is C12H18N2O8. The van der Waals surface area contributed by atoms with Crippen molar-refractivity contribution in [1.29, 1.82) is 0 Å². The lowest BCUT2D eigenvalue weighted by Crippen LogP contribution is -2.23. The summed E-state index contributed by atoms with van der Waals surface area (Å²) in [5.74, 6) is -3.09. The van der Waals surface area contributed by atoms with Gasteiger partial charge in [-0.25, -0.2) is 0 Å². The highest BCUT2D eigenvalue weighted by molar-refractivity contribution is 5.87. The Morgan fingerprint density at radius 3 is 1.05 bits per heavy atom. The number of aliphatic hydroxyl groups excluding tert-OH is 4. The Morgan fingerprint density at radius 2 is 0.909 bits per heavy atom. The summed E-state index contributed by atoms with van der Waals surface area (Å²) in [4.78, 5) is 18.8. The highest BCUT2D eigenvalue weighted by atomic mass is 16.4. The number of rotatable bonds is 6. The van der Waals surface area contributed by atoms with E-state index in [0.717, 1.165) is 0 Å². The van der Waals surface area contributed by atoms with Crippen molar-refractivity contribution >= 4 is 36.8 Å². The topological polar surface area (TPSA) is 189 Å². The first-order valence-electron chi connectivity index (χ1n) is 5.66. The minimum absolute atomic E-state index is 0.0729. The molecule has 0 unspecified atom stereocenters. The number of aliphatic hydroxyl groups is 4. The van der Waals surface area contributed by atoms with Crippen molar-refractivity contribution in [2.45, 2.75) is 0 Å². The first-order chi connectivity index (χ1) is 10.5. The normalized spacial score (nSPS) is 8.00. The van der Waals surface area contributed by atoms with Crippen molar-refractivity contribution in [2.24, 2.45) is 0 Å². The second kappa shape index (κ2) is 23.5. The third kappa shape index (κ3) is 43.3.